The normalized spacial score (nSPS) is 17.6. The van der Waals surface area contributed by atoms with E-state index in [1.807, 2.05) is 0 Å². The molecule has 21 heavy (non-hydrogen) atoms. The molecule has 1 fully saturated rings. The molecule has 0 radical (unpaired) electrons. The predicted molar refractivity (Wildman–Crippen MR) is 87.1 cm³/mol. The zero-order valence-electron chi connectivity index (χ0n) is 13.7. The molecule has 1 unspecified atom stereocenters. The molecular weight excluding hydrogens is 264 g/mol. The minimum atomic E-state index is 0.170. The molecule has 1 aliphatic rings. The van der Waals surface area contributed by atoms with Crippen molar-refractivity contribution in [3.8, 4) is 0 Å². The zero-order valence-corrected chi connectivity index (χ0v) is 13.7. The highest BCUT2D eigenvalue weighted by Gasteiger charge is 2.13. The quantitative estimate of drug-likeness (QED) is 0.576. The lowest BCUT2D eigenvalue weighted by Gasteiger charge is -2.21. The Kier molecular flexibility index (Phi) is 10.5. The van der Waals surface area contributed by atoms with E-state index in [-0.39, 0.29) is 5.91 Å². The van der Waals surface area contributed by atoms with E-state index in [1.165, 1.54) is 32.1 Å². The van der Waals surface area contributed by atoms with Gasteiger partial charge in [-0.15, -0.1) is 0 Å². The molecule has 1 aliphatic carbocycles. The lowest BCUT2D eigenvalue weighted by molar-refractivity contribution is -0.121. The second kappa shape index (κ2) is 12.0. The van der Waals surface area contributed by atoms with E-state index in [9.17, 15) is 4.79 Å². The summed E-state index contributed by atoms with van der Waals surface area (Å²) in [4.78, 5) is 11.7. The van der Waals surface area contributed by atoms with Crippen LogP contribution in [0.4, 0.5) is 0 Å². The molecule has 0 spiro atoms. The summed E-state index contributed by atoms with van der Waals surface area (Å²) in [6, 6.07) is 0. The topological polar surface area (TPSA) is 64.4 Å². The van der Waals surface area contributed by atoms with Gasteiger partial charge in [0.25, 0.3) is 0 Å². The van der Waals surface area contributed by atoms with Gasteiger partial charge in [-0.25, -0.2) is 0 Å². The molecule has 1 saturated carbocycles. The lowest BCUT2D eigenvalue weighted by Crippen LogP contribution is -2.26. The molecule has 0 saturated heterocycles. The van der Waals surface area contributed by atoms with Gasteiger partial charge in [-0.3, -0.25) is 4.79 Å². The Bertz CT molecular complexity index is 266. The van der Waals surface area contributed by atoms with Gasteiger partial charge in [0.15, 0.2) is 0 Å². The Morgan fingerprint density at radius 2 is 2.05 bits per heavy atom. The molecule has 0 aromatic carbocycles. The predicted octanol–water partition coefficient (Wildman–Crippen LogP) is 3.00. The summed E-state index contributed by atoms with van der Waals surface area (Å²) >= 11 is 0. The Balaban J connectivity index is 1.95. The van der Waals surface area contributed by atoms with Crippen LogP contribution in [0.5, 0.6) is 0 Å². The summed E-state index contributed by atoms with van der Waals surface area (Å²) in [5, 5.41) is 2.99. The fraction of sp³-hybridized carbons (Fsp3) is 0.941. The van der Waals surface area contributed by atoms with Crippen molar-refractivity contribution in [3.63, 3.8) is 0 Å². The van der Waals surface area contributed by atoms with Crippen LogP contribution in [0.1, 0.15) is 71.1 Å². The summed E-state index contributed by atoms with van der Waals surface area (Å²) in [7, 11) is 0. The number of amides is 1. The van der Waals surface area contributed by atoms with Crippen molar-refractivity contribution in [2.75, 3.05) is 19.7 Å². The van der Waals surface area contributed by atoms with Crippen molar-refractivity contribution in [2.45, 2.75) is 77.2 Å². The zero-order chi connectivity index (χ0) is 15.3. The van der Waals surface area contributed by atoms with E-state index >= 15 is 0 Å². The number of nitrogens with one attached hydrogen (secondary N) is 1. The number of nitrogens with two attached hydrogens (primary N) is 1. The first-order chi connectivity index (χ1) is 10.3. The molecule has 1 atom stereocenters. The Morgan fingerprint density at radius 1 is 1.29 bits per heavy atom. The maximum absolute atomic E-state index is 11.7. The highest BCUT2D eigenvalue weighted by molar-refractivity contribution is 5.75. The van der Waals surface area contributed by atoms with Crippen LogP contribution in [0.15, 0.2) is 0 Å². The third-order valence-electron chi connectivity index (χ3n) is 4.48. The van der Waals surface area contributed by atoms with Gasteiger partial charge >= 0.3 is 0 Å². The monoisotopic (exact) mass is 298 g/mol. The number of carbonyl (C=O) groups is 1. The van der Waals surface area contributed by atoms with Crippen LogP contribution in [0.2, 0.25) is 0 Å². The summed E-state index contributed by atoms with van der Waals surface area (Å²) < 4.78 is 5.85. The fourth-order valence-electron chi connectivity index (χ4n) is 2.99. The first-order valence-corrected chi connectivity index (χ1v) is 8.84. The first kappa shape index (κ1) is 18.4. The third-order valence-corrected chi connectivity index (χ3v) is 4.48. The van der Waals surface area contributed by atoms with Crippen LogP contribution >= 0.6 is 0 Å². The molecule has 0 aromatic rings. The van der Waals surface area contributed by atoms with Crippen molar-refractivity contribution in [1.82, 2.24) is 5.32 Å². The SMILES string of the molecule is CCC(CCN)CCC(=O)NCCCOC1CCCCC1. The van der Waals surface area contributed by atoms with E-state index in [4.69, 9.17) is 10.5 Å². The van der Waals surface area contributed by atoms with E-state index in [2.05, 4.69) is 12.2 Å². The van der Waals surface area contributed by atoms with Crippen molar-refractivity contribution in [1.29, 1.82) is 0 Å². The summed E-state index contributed by atoms with van der Waals surface area (Å²) in [6.45, 7) is 4.40. The Labute approximate surface area is 130 Å². The molecule has 0 bridgehead atoms. The van der Waals surface area contributed by atoms with Crippen LogP contribution in [-0.4, -0.2) is 31.7 Å². The maximum atomic E-state index is 11.7. The first-order valence-electron chi connectivity index (χ1n) is 8.84. The molecule has 4 nitrogen and oxygen atoms in total. The number of rotatable bonds is 11. The average molecular weight is 298 g/mol. The van der Waals surface area contributed by atoms with Gasteiger partial charge < -0.3 is 15.8 Å². The van der Waals surface area contributed by atoms with Crippen LogP contribution in [0.3, 0.4) is 0 Å². The summed E-state index contributed by atoms with van der Waals surface area (Å²) in [6.07, 6.45) is 11.5. The van der Waals surface area contributed by atoms with Crippen LogP contribution in [-0.2, 0) is 9.53 Å². The number of carbonyl (C=O) groups excluding carboxylic acids is 1. The van der Waals surface area contributed by atoms with Gasteiger partial charge in [0, 0.05) is 19.6 Å². The molecule has 1 amide bonds. The van der Waals surface area contributed by atoms with Crippen molar-refractivity contribution in [3.05, 3.63) is 0 Å². The largest absolute Gasteiger partial charge is 0.378 e. The second-order valence-corrected chi connectivity index (χ2v) is 6.22. The highest BCUT2D eigenvalue weighted by Crippen LogP contribution is 2.20. The van der Waals surface area contributed by atoms with Crippen LogP contribution in [0, 0.1) is 5.92 Å². The molecule has 4 heteroatoms. The van der Waals surface area contributed by atoms with E-state index < -0.39 is 0 Å². The Morgan fingerprint density at radius 3 is 2.71 bits per heavy atom. The standard InChI is InChI=1S/C17H34N2O2/c1-2-15(11-12-18)9-10-17(20)19-13-6-14-21-16-7-4-3-5-8-16/h15-16H,2-14,18H2,1H3,(H,19,20). The smallest absolute Gasteiger partial charge is 0.220 e. The fourth-order valence-corrected chi connectivity index (χ4v) is 2.99. The van der Waals surface area contributed by atoms with E-state index in [1.54, 1.807) is 0 Å². The molecular formula is C17H34N2O2. The molecule has 0 aliphatic heterocycles. The Hall–Kier alpha value is -0.610. The molecule has 0 aromatic heterocycles. The summed E-state index contributed by atoms with van der Waals surface area (Å²) in [5.74, 6) is 0.763. The van der Waals surface area contributed by atoms with E-state index in [0.29, 0.717) is 18.4 Å². The van der Waals surface area contributed by atoms with Gasteiger partial charge in [0.2, 0.25) is 5.91 Å². The van der Waals surface area contributed by atoms with Gasteiger partial charge in [0.1, 0.15) is 0 Å². The van der Waals surface area contributed by atoms with Crippen LogP contribution < -0.4 is 11.1 Å². The molecule has 124 valence electrons. The molecule has 0 heterocycles. The van der Waals surface area contributed by atoms with E-state index in [0.717, 1.165) is 45.4 Å². The third kappa shape index (κ3) is 9.10. The minimum absolute atomic E-state index is 0.170. The van der Waals surface area contributed by atoms with Gasteiger partial charge in [-0.1, -0.05) is 32.6 Å². The highest BCUT2D eigenvalue weighted by atomic mass is 16.5. The van der Waals surface area contributed by atoms with Crippen molar-refractivity contribution < 1.29 is 9.53 Å². The number of hydrogen-bond donors (Lipinski definition) is 2. The average Bonchev–Trinajstić information content (AvgIpc) is 2.52. The van der Waals surface area contributed by atoms with Gasteiger partial charge in [-0.05, 0) is 44.6 Å². The summed E-state index contributed by atoms with van der Waals surface area (Å²) in [5.41, 5.74) is 5.57. The van der Waals surface area contributed by atoms with Gasteiger partial charge in [-0.2, -0.15) is 0 Å². The lowest BCUT2D eigenvalue weighted by atomic mass is 9.96. The molecule has 1 rings (SSSR count). The maximum Gasteiger partial charge on any atom is 0.220 e. The second-order valence-electron chi connectivity index (χ2n) is 6.22. The molecule has 3 N–H and O–H groups in total. The van der Waals surface area contributed by atoms with Crippen molar-refractivity contribution in [2.24, 2.45) is 11.7 Å². The number of hydrogen-bond acceptors (Lipinski definition) is 3. The minimum Gasteiger partial charge on any atom is -0.378 e. The van der Waals surface area contributed by atoms with Crippen LogP contribution in [0.25, 0.3) is 0 Å². The van der Waals surface area contributed by atoms with Crippen molar-refractivity contribution >= 4 is 5.91 Å². The number of ether oxygens (including phenoxy) is 1. The van der Waals surface area contributed by atoms with Gasteiger partial charge in [0.05, 0.1) is 6.10 Å².